The molecule has 0 spiro atoms. The Balaban J connectivity index is 2.11. The number of sulfonamides is 1. The zero-order valence-electron chi connectivity index (χ0n) is 20.3. The maximum atomic E-state index is 13.3. The van der Waals surface area contributed by atoms with E-state index in [4.69, 9.17) is 10.6 Å². The van der Waals surface area contributed by atoms with Crippen LogP contribution >= 0.6 is 0 Å². The fourth-order valence-corrected chi connectivity index (χ4v) is 5.49. The molecule has 0 aliphatic carbocycles. The molecule has 34 heavy (non-hydrogen) atoms. The third-order valence-corrected chi connectivity index (χ3v) is 7.79. The number of benzene rings is 1. The van der Waals surface area contributed by atoms with Gasteiger partial charge in [0, 0.05) is 32.7 Å². The van der Waals surface area contributed by atoms with Crippen molar-refractivity contribution in [2.75, 3.05) is 39.8 Å². The summed E-state index contributed by atoms with van der Waals surface area (Å²) in [7, 11) is -1.75. The van der Waals surface area contributed by atoms with Gasteiger partial charge >= 0.3 is 0 Å². The van der Waals surface area contributed by atoms with E-state index in [1.54, 1.807) is 6.07 Å². The van der Waals surface area contributed by atoms with E-state index in [-0.39, 0.29) is 22.1 Å². The third-order valence-electron chi connectivity index (χ3n) is 5.89. The molecule has 11 nitrogen and oxygen atoms in total. The molecule has 1 atom stereocenters. The van der Waals surface area contributed by atoms with Crippen LogP contribution in [0.15, 0.2) is 33.0 Å². The standard InChI is InChI=1S/C22H35N7O4S/c1-5-7-16(3)15-29-21(25-23)22(30)24-20(26-29)18-14-17(8-9-19(18)33-6-2)34(31,32)28-12-10-27(4)11-13-28/h8-9,14,16H,5-7,10-13,15,23H2,1-4H3,(H,24,26,30)/b25-21-. The topological polar surface area (TPSA) is 139 Å². The maximum absolute atomic E-state index is 13.3. The van der Waals surface area contributed by atoms with Gasteiger partial charge in [0.15, 0.2) is 5.82 Å². The molecule has 0 radical (unpaired) electrons. The highest BCUT2D eigenvalue weighted by atomic mass is 32.2. The molecule has 1 unspecified atom stereocenters. The van der Waals surface area contributed by atoms with Crippen LogP contribution in [0.5, 0.6) is 5.75 Å². The number of rotatable bonds is 9. The summed E-state index contributed by atoms with van der Waals surface area (Å²) < 4.78 is 35.4. The van der Waals surface area contributed by atoms with Gasteiger partial charge in [-0.15, -0.1) is 0 Å². The molecular weight excluding hydrogens is 458 g/mol. The molecule has 1 fully saturated rings. The van der Waals surface area contributed by atoms with Crippen LogP contribution < -0.4 is 21.6 Å². The number of aromatic nitrogens is 3. The molecule has 1 aliphatic heterocycles. The molecule has 0 bridgehead atoms. The van der Waals surface area contributed by atoms with Crippen LogP contribution in [-0.2, 0) is 16.6 Å². The second kappa shape index (κ2) is 11.2. The summed E-state index contributed by atoms with van der Waals surface area (Å²) in [6, 6.07) is 4.64. The summed E-state index contributed by atoms with van der Waals surface area (Å²) >= 11 is 0. The first kappa shape index (κ1) is 25.9. The van der Waals surface area contributed by atoms with Crippen molar-refractivity contribution in [3.63, 3.8) is 0 Å². The highest BCUT2D eigenvalue weighted by molar-refractivity contribution is 7.89. The van der Waals surface area contributed by atoms with Crippen molar-refractivity contribution in [1.82, 2.24) is 24.0 Å². The number of nitrogens with zero attached hydrogens (tertiary/aromatic N) is 5. The normalized spacial score (nSPS) is 17.1. The average Bonchev–Trinajstić information content (AvgIpc) is 2.79. The largest absolute Gasteiger partial charge is 0.493 e. The predicted molar refractivity (Wildman–Crippen MR) is 130 cm³/mol. The van der Waals surface area contributed by atoms with Crippen LogP contribution in [0.2, 0.25) is 0 Å². The molecule has 188 valence electrons. The van der Waals surface area contributed by atoms with E-state index in [2.05, 4.69) is 33.9 Å². The number of likely N-dealkylation sites (N-methyl/N-ethyl adjacent to an activating group) is 1. The Morgan fingerprint density at radius 1 is 1.24 bits per heavy atom. The van der Waals surface area contributed by atoms with Gasteiger partial charge in [-0.1, -0.05) is 20.3 Å². The summed E-state index contributed by atoms with van der Waals surface area (Å²) in [5, 5.41) is 8.20. The van der Waals surface area contributed by atoms with Crippen molar-refractivity contribution in [2.24, 2.45) is 16.9 Å². The Labute approximate surface area is 200 Å². The summed E-state index contributed by atoms with van der Waals surface area (Å²) in [6.07, 6.45) is 1.94. The molecule has 2 aromatic rings. The number of ether oxygens (including phenoxy) is 1. The summed E-state index contributed by atoms with van der Waals surface area (Å²) in [4.78, 5) is 17.7. The van der Waals surface area contributed by atoms with Crippen LogP contribution in [0, 0.1) is 5.92 Å². The number of nitrogens with one attached hydrogen (secondary N) is 1. The van der Waals surface area contributed by atoms with Gasteiger partial charge in [-0.25, -0.2) is 13.1 Å². The number of nitrogens with two attached hydrogens (primary N) is 1. The predicted octanol–water partition coefficient (Wildman–Crippen LogP) is 0.784. The zero-order valence-corrected chi connectivity index (χ0v) is 21.1. The van der Waals surface area contributed by atoms with E-state index >= 15 is 0 Å². The lowest BCUT2D eigenvalue weighted by atomic mass is 10.1. The van der Waals surface area contributed by atoms with Crippen molar-refractivity contribution < 1.29 is 13.2 Å². The summed E-state index contributed by atoms with van der Waals surface area (Å²) in [5.74, 6) is 6.33. The fourth-order valence-electron chi connectivity index (χ4n) is 4.04. The molecule has 3 rings (SSSR count). The Hall–Kier alpha value is -2.70. The number of H-pyrrole nitrogens is 1. The highest BCUT2D eigenvalue weighted by Crippen LogP contribution is 2.31. The van der Waals surface area contributed by atoms with Crippen LogP contribution in [0.25, 0.3) is 11.4 Å². The second-order valence-corrected chi connectivity index (χ2v) is 10.6. The molecule has 0 amide bonds. The molecule has 1 aromatic heterocycles. The van der Waals surface area contributed by atoms with E-state index < -0.39 is 15.6 Å². The fraction of sp³-hybridized carbons (Fsp3) is 0.591. The molecular formula is C22H35N7O4S. The smallest absolute Gasteiger partial charge is 0.296 e. The molecule has 1 aliphatic rings. The van der Waals surface area contributed by atoms with Crippen LogP contribution in [0.3, 0.4) is 0 Å². The minimum absolute atomic E-state index is 0.00544. The van der Waals surface area contributed by atoms with Crippen molar-refractivity contribution >= 4 is 10.0 Å². The van der Waals surface area contributed by atoms with Gasteiger partial charge in [0.1, 0.15) is 5.75 Å². The summed E-state index contributed by atoms with van der Waals surface area (Å²) in [5.41, 5.74) is -0.119. The van der Waals surface area contributed by atoms with Crippen LogP contribution in [0.4, 0.5) is 0 Å². The lowest BCUT2D eigenvalue weighted by Crippen LogP contribution is -2.47. The highest BCUT2D eigenvalue weighted by Gasteiger charge is 2.28. The van der Waals surface area contributed by atoms with Gasteiger partial charge in [0.2, 0.25) is 15.5 Å². The zero-order chi connectivity index (χ0) is 24.9. The summed E-state index contributed by atoms with van der Waals surface area (Å²) in [6.45, 7) is 8.96. The van der Waals surface area contributed by atoms with E-state index in [1.807, 2.05) is 14.0 Å². The quantitative estimate of drug-likeness (QED) is 0.389. The molecule has 1 aromatic carbocycles. The molecule has 12 heteroatoms. The lowest BCUT2D eigenvalue weighted by molar-refractivity contribution is 0.222. The molecule has 2 heterocycles. The number of piperazine rings is 1. The van der Waals surface area contributed by atoms with Gasteiger partial charge in [0.05, 0.1) is 17.1 Å². The molecule has 0 saturated carbocycles. The first-order valence-electron chi connectivity index (χ1n) is 11.6. The minimum Gasteiger partial charge on any atom is -0.493 e. The van der Waals surface area contributed by atoms with Gasteiger partial charge in [-0.2, -0.15) is 14.5 Å². The monoisotopic (exact) mass is 493 g/mol. The van der Waals surface area contributed by atoms with Crippen molar-refractivity contribution in [2.45, 2.75) is 45.1 Å². The van der Waals surface area contributed by atoms with Gasteiger partial charge in [-0.3, -0.25) is 4.79 Å². The minimum atomic E-state index is -3.72. The second-order valence-electron chi connectivity index (χ2n) is 8.63. The van der Waals surface area contributed by atoms with Crippen LogP contribution in [-0.4, -0.2) is 72.2 Å². The molecule has 1 saturated heterocycles. The maximum Gasteiger partial charge on any atom is 0.296 e. The lowest BCUT2D eigenvalue weighted by Gasteiger charge is -2.31. The van der Waals surface area contributed by atoms with Crippen molar-refractivity contribution in [1.29, 1.82) is 0 Å². The third kappa shape index (κ3) is 5.68. The first-order valence-corrected chi connectivity index (χ1v) is 13.1. The van der Waals surface area contributed by atoms with E-state index in [1.165, 1.54) is 21.1 Å². The van der Waals surface area contributed by atoms with E-state index in [9.17, 15) is 13.2 Å². The Morgan fingerprint density at radius 2 is 1.94 bits per heavy atom. The Kier molecular flexibility index (Phi) is 8.50. The number of hydrogen-bond acceptors (Lipinski definition) is 8. The Bertz CT molecular complexity index is 1210. The van der Waals surface area contributed by atoms with Crippen LogP contribution in [0.1, 0.15) is 33.6 Å². The van der Waals surface area contributed by atoms with E-state index in [0.717, 1.165) is 12.8 Å². The number of aromatic amines is 1. The van der Waals surface area contributed by atoms with Gasteiger partial charge in [0.25, 0.3) is 5.56 Å². The van der Waals surface area contributed by atoms with Gasteiger partial charge < -0.3 is 20.5 Å². The molecule has 3 N–H and O–H groups in total. The number of hydrogen-bond donors (Lipinski definition) is 2. The van der Waals surface area contributed by atoms with Gasteiger partial charge in [-0.05, 0) is 44.5 Å². The average molecular weight is 494 g/mol. The van der Waals surface area contributed by atoms with Crippen molar-refractivity contribution in [3.8, 4) is 17.1 Å². The SMILES string of the molecule is CCCC(C)Cn1nc(-c2cc(S(=O)(=O)N3CCN(C)CC3)ccc2OCC)[nH]c(=O)/c1=N/N. The Morgan fingerprint density at radius 3 is 2.56 bits per heavy atom. The van der Waals surface area contributed by atoms with Crippen molar-refractivity contribution in [3.05, 3.63) is 34.0 Å². The first-order chi connectivity index (χ1) is 16.2. The van der Waals surface area contributed by atoms with E-state index in [0.29, 0.717) is 50.6 Å².